The van der Waals surface area contributed by atoms with Gasteiger partial charge in [0, 0.05) is 48.6 Å². The highest BCUT2D eigenvalue weighted by molar-refractivity contribution is 7.99. The van der Waals surface area contributed by atoms with E-state index >= 15 is 0 Å². The zero-order chi connectivity index (χ0) is 15.3. The van der Waals surface area contributed by atoms with Gasteiger partial charge in [0.25, 0.3) is 0 Å². The molecule has 0 radical (unpaired) electrons. The number of aryl methyl sites for hydroxylation is 2. The van der Waals surface area contributed by atoms with Crippen LogP contribution in [0.2, 0.25) is 0 Å². The van der Waals surface area contributed by atoms with Gasteiger partial charge in [-0.2, -0.15) is 0 Å². The third-order valence-electron chi connectivity index (χ3n) is 3.24. The standard InChI is InChI=1S/C17H25N3S/c1-17(2,3)19-13-14-6-5-7-15(12-14)21-11-8-16-18-9-10-20(16)4/h5-7,9-10,12,19H,8,11,13H2,1-4H3. The van der Waals surface area contributed by atoms with E-state index in [9.17, 15) is 0 Å². The third-order valence-corrected chi connectivity index (χ3v) is 4.23. The minimum atomic E-state index is 0.154. The molecule has 1 N–H and O–H groups in total. The molecular weight excluding hydrogens is 278 g/mol. The highest BCUT2D eigenvalue weighted by atomic mass is 32.2. The maximum atomic E-state index is 4.36. The summed E-state index contributed by atoms with van der Waals surface area (Å²) in [7, 11) is 2.05. The topological polar surface area (TPSA) is 29.9 Å². The molecule has 0 bridgehead atoms. The Morgan fingerprint density at radius 3 is 2.76 bits per heavy atom. The maximum absolute atomic E-state index is 4.36. The van der Waals surface area contributed by atoms with Crippen molar-refractivity contribution in [2.75, 3.05) is 5.75 Å². The molecule has 1 heterocycles. The second-order valence-electron chi connectivity index (χ2n) is 6.30. The number of thioether (sulfide) groups is 1. The van der Waals surface area contributed by atoms with Gasteiger partial charge in [0.1, 0.15) is 5.82 Å². The summed E-state index contributed by atoms with van der Waals surface area (Å²) in [6.45, 7) is 7.49. The van der Waals surface area contributed by atoms with E-state index in [0.29, 0.717) is 0 Å². The largest absolute Gasteiger partial charge is 0.338 e. The molecule has 0 aliphatic heterocycles. The van der Waals surface area contributed by atoms with Gasteiger partial charge in [0.05, 0.1) is 0 Å². The fourth-order valence-corrected chi connectivity index (χ4v) is 2.94. The van der Waals surface area contributed by atoms with Crippen molar-refractivity contribution in [2.45, 2.75) is 44.2 Å². The zero-order valence-corrected chi connectivity index (χ0v) is 14.2. The van der Waals surface area contributed by atoms with Gasteiger partial charge in [-0.25, -0.2) is 4.98 Å². The molecule has 2 aromatic rings. The lowest BCUT2D eigenvalue weighted by Gasteiger charge is -2.20. The Labute approximate surface area is 132 Å². The molecule has 0 saturated carbocycles. The summed E-state index contributed by atoms with van der Waals surface area (Å²) >= 11 is 1.89. The minimum absolute atomic E-state index is 0.154. The third kappa shape index (κ3) is 5.56. The Balaban J connectivity index is 1.85. The first-order chi connectivity index (χ1) is 9.94. The fourth-order valence-electron chi connectivity index (χ4n) is 2.01. The molecule has 0 fully saturated rings. The summed E-state index contributed by atoms with van der Waals surface area (Å²) in [6, 6.07) is 8.79. The Morgan fingerprint density at radius 2 is 2.10 bits per heavy atom. The van der Waals surface area contributed by atoms with Crippen LogP contribution in [-0.2, 0) is 20.0 Å². The lowest BCUT2D eigenvalue weighted by Crippen LogP contribution is -2.35. The van der Waals surface area contributed by atoms with E-state index < -0.39 is 0 Å². The highest BCUT2D eigenvalue weighted by Crippen LogP contribution is 2.20. The predicted molar refractivity (Wildman–Crippen MR) is 90.7 cm³/mol. The number of aromatic nitrogens is 2. The molecule has 0 amide bonds. The Kier molecular flexibility index (Phi) is 5.48. The van der Waals surface area contributed by atoms with E-state index in [1.54, 1.807) is 0 Å². The summed E-state index contributed by atoms with van der Waals surface area (Å²) < 4.78 is 2.09. The molecule has 114 valence electrons. The van der Waals surface area contributed by atoms with Gasteiger partial charge >= 0.3 is 0 Å². The van der Waals surface area contributed by atoms with Crippen molar-refractivity contribution in [1.82, 2.24) is 14.9 Å². The average molecular weight is 303 g/mol. The molecule has 0 aliphatic carbocycles. The van der Waals surface area contributed by atoms with Crippen LogP contribution in [0, 0.1) is 0 Å². The van der Waals surface area contributed by atoms with Gasteiger partial charge in [0.15, 0.2) is 0 Å². The predicted octanol–water partition coefficient (Wildman–Crippen LogP) is 3.64. The minimum Gasteiger partial charge on any atom is -0.338 e. The van der Waals surface area contributed by atoms with E-state index in [1.807, 2.05) is 31.2 Å². The normalized spacial score (nSPS) is 11.8. The van der Waals surface area contributed by atoms with Crippen LogP contribution in [-0.4, -0.2) is 20.8 Å². The SMILES string of the molecule is Cn1ccnc1CCSc1cccc(CNC(C)(C)C)c1. The van der Waals surface area contributed by atoms with Crippen LogP contribution in [0.3, 0.4) is 0 Å². The van der Waals surface area contributed by atoms with Crippen LogP contribution in [0.5, 0.6) is 0 Å². The summed E-state index contributed by atoms with van der Waals surface area (Å²) in [4.78, 5) is 5.69. The fraction of sp³-hybridized carbons (Fsp3) is 0.471. The van der Waals surface area contributed by atoms with Gasteiger partial charge in [-0.1, -0.05) is 12.1 Å². The van der Waals surface area contributed by atoms with E-state index in [2.05, 4.69) is 59.9 Å². The van der Waals surface area contributed by atoms with Crippen LogP contribution >= 0.6 is 11.8 Å². The Hall–Kier alpha value is -1.26. The lowest BCUT2D eigenvalue weighted by molar-refractivity contribution is 0.424. The zero-order valence-electron chi connectivity index (χ0n) is 13.4. The van der Waals surface area contributed by atoms with Crippen LogP contribution in [0.4, 0.5) is 0 Å². The van der Waals surface area contributed by atoms with Crippen molar-refractivity contribution in [1.29, 1.82) is 0 Å². The molecular formula is C17H25N3S. The summed E-state index contributed by atoms with van der Waals surface area (Å²) in [5.74, 6) is 2.20. The number of rotatable bonds is 6. The second-order valence-corrected chi connectivity index (χ2v) is 7.47. The van der Waals surface area contributed by atoms with Gasteiger partial charge in [-0.3, -0.25) is 0 Å². The Morgan fingerprint density at radius 1 is 1.29 bits per heavy atom. The van der Waals surface area contributed by atoms with Crippen molar-refractivity contribution in [2.24, 2.45) is 7.05 Å². The first-order valence-corrected chi connectivity index (χ1v) is 8.35. The highest BCUT2D eigenvalue weighted by Gasteiger charge is 2.08. The summed E-state index contributed by atoms with van der Waals surface area (Å²) in [6.07, 6.45) is 4.86. The number of hydrogen-bond acceptors (Lipinski definition) is 3. The number of nitrogens with zero attached hydrogens (tertiary/aromatic N) is 2. The van der Waals surface area contributed by atoms with E-state index in [4.69, 9.17) is 0 Å². The molecule has 0 aliphatic rings. The smallest absolute Gasteiger partial charge is 0.109 e. The maximum Gasteiger partial charge on any atom is 0.109 e. The lowest BCUT2D eigenvalue weighted by atomic mass is 10.1. The quantitative estimate of drug-likeness (QED) is 0.826. The monoisotopic (exact) mass is 303 g/mol. The van der Waals surface area contributed by atoms with Gasteiger partial charge in [0.2, 0.25) is 0 Å². The first kappa shape index (κ1) is 16.1. The van der Waals surface area contributed by atoms with E-state index in [0.717, 1.165) is 24.5 Å². The average Bonchev–Trinajstić information content (AvgIpc) is 2.82. The second kappa shape index (κ2) is 7.14. The van der Waals surface area contributed by atoms with E-state index in [1.165, 1.54) is 10.5 Å². The molecule has 0 atom stereocenters. The summed E-state index contributed by atoms with van der Waals surface area (Å²) in [5.41, 5.74) is 1.49. The van der Waals surface area contributed by atoms with Crippen molar-refractivity contribution < 1.29 is 0 Å². The van der Waals surface area contributed by atoms with E-state index in [-0.39, 0.29) is 5.54 Å². The summed E-state index contributed by atoms with van der Waals surface area (Å²) in [5, 5.41) is 3.53. The molecule has 0 unspecified atom stereocenters. The molecule has 0 spiro atoms. The van der Waals surface area contributed by atoms with Gasteiger partial charge < -0.3 is 9.88 Å². The molecule has 3 nitrogen and oxygen atoms in total. The van der Waals surface area contributed by atoms with Crippen LogP contribution in [0.15, 0.2) is 41.6 Å². The van der Waals surface area contributed by atoms with Crippen molar-refractivity contribution in [3.05, 3.63) is 48.0 Å². The van der Waals surface area contributed by atoms with Crippen LogP contribution < -0.4 is 5.32 Å². The van der Waals surface area contributed by atoms with Crippen molar-refractivity contribution >= 4 is 11.8 Å². The number of benzene rings is 1. The molecule has 21 heavy (non-hydrogen) atoms. The van der Waals surface area contributed by atoms with Crippen LogP contribution in [0.25, 0.3) is 0 Å². The van der Waals surface area contributed by atoms with Gasteiger partial charge in [-0.15, -0.1) is 11.8 Å². The first-order valence-electron chi connectivity index (χ1n) is 7.37. The van der Waals surface area contributed by atoms with Crippen molar-refractivity contribution in [3.8, 4) is 0 Å². The number of hydrogen-bond donors (Lipinski definition) is 1. The molecule has 4 heteroatoms. The molecule has 0 saturated heterocycles. The molecule has 1 aromatic carbocycles. The van der Waals surface area contributed by atoms with Crippen molar-refractivity contribution in [3.63, 3.8) is 0 Å². The molecule has 1 aromatic heterocycles. The van der Waals surface area contributed by atoms with Crippen LogP contribution in [0.1, 0.15) is 32.2 Å². The van der Waals surface area contributed by atoms with Gasteiger partial charge in [-0.05, 0) is 38.5 Å². The molecule has 2 rings (SSSR count). The Bertz CT molecular complexity index is 569. The number of imidazole rings is 1. The number of nitrogens with one attached hydrogen (secondary N) is 1.